The second kappa shape index (κ2) is 6.13. The molecule has 5 heteroatoms. The molecule has 0 aromatic carbocycles. The van der Waals surface area contributed by atoms with Crippen LogP contribution >= 0.6 is 0 Å². The Balaban J connectivity index is 1.74. The molecule has 1 aromatic rings. The van der Waals surface area contributed by atoms with Crippen LogP contribution in [-0.4, -0.2) is 28.0 Å². The lowest BCUT2D eigenvalue weighted by molar-refractivity contribution is -0.140. The maximum absolute atomic E-state index is 11.7. The molecular formula is C14H16N2O3. The Labute approximate surface area is 111 Å². The summed E-state index contributed by atoms with van der Waals surface area (Å²) in [6, 6.07) is 3.60. The molecule has 2 rings (SSSR count). The number of pyridine rings is 1. The van der Waals surface area contributed by atoms with Crippen LogP contribution in [0.3, 0.4) is 0 Å². The van der Waals surface area contributed by atoms with Crippen molar-refractivity contribution in [2.24, 2.45) is 5.92 Å². The quantitative estimate of drug-likeness (QED) is 0.779. The summed E-state index contributed by atoms with van der Waals surface area (Å²) in [7, 11) is 0. The van der Waals surface area contributed by atoms with Gasteiger partial charge in [0.2, 0.25) is 5.91 Å². The zero-order valence-corrected chi connectivity index (χ0v) is 10.5. The van der Waals surface area contributed by atoms with E-state index in [1.54, 1.807) is 24.5 Å². The number of carbonyl (C=O) groups is 2. The summed E-state index contributed by atoms with van der Waals surface area (Å²) in [5, 5.41) is 11.7. The molecule has 1 aliphatic carbocycles. The molecule has 1 heterocycles. The van der Waals surface area contributed by atoms with Gasteiger partial charge in [0.15, 0.2) is 0 Å². The summed E-state index contributed by atoms with van der Waals surface area (Å²) < 4.78 is 0. The minimum absolute atomic E-state index is 0.0652. The molecule has 2 atom stereocenters. The molecule has 1 aliphatic rings. The number of hydrogen-bond donors (Lipinski definition) is 2. The van der Waals surface area contributed by atoms with Gasteiger partial charge in [-0.25, -0.2) is 0 Å². The van der Waals surface area contributed by atoms with E-state index in [1.807, 2.05) is 12.1 Å². The third-order valence-corrected chi connectivity index (χ3v) is 3.11. The van der Waals surface area contributed by atoms with Gasteiger partial charge in [-0.3, -0.25) is 14.6 Å². The summed E-state index contributed by atoms with van der Waals surface area (Å²) in [4.78, 5) is 26.5. The predicted molar refractivity (Wildman–Crippen MR) is 69.4 cm³/mol. The normalized spacial score (nSPS) is 21.3. The molecule has 0 bridgehead atoms. The van der Waals surface area contributed by atoms with Crippen molar-refractivity contribution in [3.8, 4) is 0 Å². The minimum atomic E-state index is -0.844. The van der Waals surface area contributed by atoms with Gasteiger partial charge in [0.05, 0.1) is 5.92 Å². The average molecular weight is 260 g/mol. The lowest BCUT2D eigenvalue weighted by atomic mass is 10.1. The first kappa shape index (κ1) is 13.3. The van der Waals surface area contributed by atoms with Gasteiger partial charge in [-0.05, 0) is 24.5 Å². The highest BCUT2D eigenvalue weighted by Crippen LogP contribution is 2.18. The Kier molecular flexibility index (Phi) is 4.28. The number of nitrogens with zero attached hydrogens (tertiary/aromatic N) is 1. The second-order valence-electron chi connectivity index (χ2n) is 4.60. The van der Waals surface area contributed by atoms with Crippen molar-refractivity contribution in [2.45, 2.75) is 25.3 Å². The van der Waals surface area contributed by atoms with Crippen molar-refractivity contribution in [3.63, 3.8) is 0 Å². The number of hydrogen-bond acceptors (Lipinski definition) is 3. The lowest BCUT2D eigenvalue weighted by Gasteiger charge is -2.12. The molecule has 1 aromatic heterocycles. The minimum Gasteiger partial charge on any atom is -0.481 e. The van der Waals surface area contributed by atoms with E-state index in [1.165, 1.54) is 0 Å². The highest BCUT2D eigenvalue weighted by Gasteiger charge is 2.25. The van der Waals surface area contributed by atoms with Crippen LogP contribution in [-0.2, 0) is 16.0 Å². The van der Waals surface area contributed by atoms with E-state index in [0.29, 0.717) is 19.3 Å². The molecule has 0 fully saturated rings. The molecule has 0 radical (unpaired) electrons. The first-order valence-corrected chi connectivity index (χ1v) is 6.24. The Morgan fingerprint density at radius 1 is 1.42 bits per heavy atom. The van der Waals surface area contributed by atoms with Gasteiger partial charge >= 0.3 is 5.97 Å². The number of carboxylic acid groups (broad SMARTS) is 1. The zero-order valence-electron chi connectivity index (χ0n) is 10.5. The van der Waals surface area contributed by atoms with Crippen molar-refractivity contribution in [1.82, 2.24) is 10.3 Å². The van der Waals surface area contributed by atoms with Crippen LogP contribution in [0.1, 0.15) is 18.4 Å². The van der Waals surface area contributed by atoms with E-state index >= 15 is 0 Å². The third-order valence-electron chi connectivity index (χ3n) is 3.11. The SMILES string of the molecule is O=C(CCc1cccnc1)NC1C=CC(C(=O)O)C1. The first-order valence-electron chi connectivity index (χ1n) is 6.24. The summed E-state index contributed by atoms with van der Waals surface area (Å²) in [5.74, 6) is -1.39. The molecule has 1 amide bonds. The van der Waals surface area contributed by atoms with Crippen LogP contribution in [0.25, 0.3) is 0 Å². The van der Waals surface area contributed by atoms with Gasteiger partial charge < -0.3 is 10.4 Å². The topological polar surface area (TPSA) is 79.3 Å². The summed E-state index contributed by atoms with van der Waals surface area (Å²) >= 11 is 0. The molecule has 5 nitrogen and oxygen atoms in total. The summed E-state index contributed by atoms with van der Waals surface area (Å²) in [6.45, 7) is 0. The van der Waals surface area contributed by atoms with Crippen LogP contribution < -0.4 is 5.32 Å². The summed E-state index contributed by atoms with van der Waals surface area (Å²) in [6.07, 6.45) is 8.28. The van der Waals surface area contributed by atoms with Gasteiger partial charge in [0, 0.05) is 24.9 Å². The van der Waals surface area contributed by atoms with E-state index < -0.39 is 11.9 Å². The molecule has 0 saturated carbocycles. The van der Waals surface area contributed by atoms with E-state index in [0.717, 1.165) is 5.56 Å². The van der Waals surface area contributed by atoms with Crippen molar-refractivity contribution in [1.29, 1.82) is 0 Å². The highest BCUT2D eigenvalue weighted by molar-refractivity contribution is 5.78. The van der Waals surface area contributed by atoms with Gasteiger partial charge in [-0.2, -0.15) is 0 Å². The van der Waals surface area contributed by atoms with Crippen LogP contribution in [0.5, 0.6) is 0 Å². The first-order chi connectivity index (χ1) is 9.15. The number of carbonyl (C=O) groups excluding carboxylic acids is 1. The molecule has 2 N–H and O–H groups in total. The molecule has 0 saturated heterocycles. The largest absolute Gasteiger partial charge is 0.481 e. The van der Waals surface area contributed by atoms with E-state index in [2.05, 4.69) is 10.3 Å². The van der Waals surface area contributed by atoms with Crippen LogP contribution in [0, 0.1) is 5.92 Å². The molecule has 0 spiro atoms. The number of aryl methyl sites for hydroxylation is 1. The van der Waals surface area contributed by atoms with Gasteiger partial charge in [-0.1, -0.05) is 18.2 Å². The fraction of sp³-hybridized carbons (Fsp3) is 0.357. The standard InChI is InChI=1S/C14H16N2O3/c17-13(6-3-10-2-1-7-15-9-10)16-12-5-4-11(8-12)14(18)19/h1-2,4-5,7,9,11-12H,3,6,8H2,(H,16,17)(H,18,19). The monoisotopic (exact) mass is 260 g/mol. The third kappa shape index (κ3) is 3.91. The molecule has 19 heavy (non-hydrogen) atoms. The van der Waals surface area contributed by atoms with Crippen LogP contribution in [0.4, 0.5) is 0 Å². The number of amides is 1. The molecule has 2 unspecified atom stereocenters. The fourth-order valence-electron chi connectivity index (χ4n) is 2.07. The van der Waals surface area contributed by atoms with Gasteiger partial charge in [-0.15, -0.1) is 0 Å². The molecule has 0 aliphatic heterocycles. The number of aromatic nitrogens is 1. The number of rotatable bonds is 5. The van der Waals surface area contributed by atoms with Crippen molar-refractivity contribution in [3.05, 3.63) is 42.2 Å². The van der Waals surface area contributed by atoms with E-state index in [-0.39, 0.29) is 11.9 Å². The van der Waals surface area contributed by atoms with Gasteiger partial charge in [0.1, 0.15) is 0 Å². The van der Waals surface area contributed by atoms with Gasteiger partial charge in [0.25, 0.3) is 0 Å². The van der Waals surface area contributed by atoms with Crippen molar-refractivity contribution in [2.75, 3.05) is 0 Å². The van der Waals surface area contributed by atoms with Crippen molar-refractivity contribution < 1.29 is 14.7 Å². The fourth-order valence-corrected chi connectivity index (χ4v) is 2.07. The summed E-state index contributed by atoms with van der Waals surface area (Å²) in [5.41, 5.74) is 1.02. The van der Waals surface area contributed by atoms with Crippen molar-refractivity contribution >= 4 is 11.9 Å². The maximum atomic E-state index is 11.7. The van der Waals surface area contributed by atoms with E-state index in [4.69, 9.17) is 5.11 Å². The number of carboxylic acids is 1. The predicted octanol–water partition coefficient (Wildman–Crippen LogP) is 1.16. The Morgan fingerprint density at radius 2 is 2.26 bits per heavy atom. The van der Waals surface area contributed by atoms with Crippen LogP contribution in [0.15, 0.2) is 36.7 Å². The Hall–Kier alpha value is -2.17. The lowest BCUT2D eigenvalue weighted by Crippen LogP contribution is -2.33. The highest BCUT2D eigenvalue weighted by atomic mass is 16.4. The molecular weight excluding hydrogens is 244 g/mol. The van der Waals surface area contributed by atoms with E-state index in [9.17, 15) is 9.59 Å². The maximum Gasteiger partial charge on any atom is 0.310 e. The van der Waals surface area contributed by atoms with Crippen LogP contribution in [0.2, 0.25) is 0 Å². The number of aliphatic carboxylic acids is 1. The average Bonchev–Trinajstić information content (AvgIpc) is 2.86. The Morgan fingerprint density at radius 3 is 2.89 bits per heavy atom. The zero-order chi connectivity index (χ0) is 13.7. The Bertz CT molecular complexity index is 485. The molecule has 100 valence electrons. The number of nitrogens with one attached hydrogen (secondary N) is 1. The smallest absolute Gasteiger partial charge is 0.310 e. The second-order valence-corrected chi connectivity index (χ2v) is 4.60.